The lowest BCUT2D eigenvalue weighted by molar-refractivity contribution is -0.134. The molecule has 2 saturated heterocycles. The van der Waals surface area contributed by atoms with E-state index in [0.29, 0.717) is 80.5 Å². The number of amides is 12. The molecule has 0 spiro atoms. The van der Waals surface area contributed by atoms with E-state index in [4.69, 9.17) is 33.2 Å². The standard InChI is InChI=1S/C84H104N12O27/c1-47-39-64(100)49(3)86-70(103)29-37-119-38-30-85-78(110)74(92-69(102)26-27-72(105)106)73(91-68(101)25-16-48(2)98)63(99)15-12-33-118-36-28-71(104)87-50(4)76(108)88-51(5)77(109)90-56-23-19-53(20-24-56)46-122-83(115)95-61-42-65(54(44-97)40-57(61)79(111)93-31-10-13-59(93)81(95)113)120-34-8-7-9-35-121-67-43-62-58(41-66(67)117-6)80(112)94-32-11-14-60(94)82(114)96(62)84(116)123-45-52-17-21-55(22-18-52)89-75(47)107/h16-27,40-43,47,49-51,59-60,73-74,81-82,97-98,113-114H,2,7-15,28-39,44-46H2,1,3-6H3,(H,85,110)(H,86,103)(H,87,104)(H,88,108)(H,89,107)(H,90,109)(H,91,101)(H,92,102)(H,105,106)/b25-16-,27-26-/t47?,49?,50?,51?,59-,60-,73?,74?,81-,82-/m0/s1. The number of Topliss-reactive ketones (excluding diaryl/α,β-unsaturated/α-hetero) is 2. The molecule has 13 N–H and O–H groups in total. The molecule has 4 aromatic rings. The van der Waals surface area contributed by atoms with Crippen LogP contribution in [0.5, 0.6) is 17.2 Å². The molecule has 0 saturated carbocycles. The number of carboxylic acids is 1. The third-order valence-corrected chi connectivity index (χ3v) is 20.7. The van der Waals surface area contributed by atoms with Crippen LogP contribution >= 0.6 is 0 Å². The molecule has 7 aliphatic heterocycles. The maximum Gasteiger partial charge on any atom is 0.416 e. The number of benzene rings is 4. The van der Waals surface area contributed by atoms with E-state index in [9.17, 15) is 97.5 Å². The first-order chi connectivity index (χ1) is 58.8. The lowest BCUT2D eigenvalue weighted by Crippen LogP contribution is -2.61. The maximum atomic E-state index is 14.4. The van der Waals surface area contributed by atoms with E-state index in [-0.39, 0.29) is 143 Å². The lowest BCUT2D eigenvalue weighted by atomic mass is 9.98. The van der Waals surface area contributed by atoms with Crippen LogP contribution in [0.15, 0.2) is 109 Å². The first kappa shape index (κ1) is 94.0. The van der Waals surface area contributed by atoms with Crippen molar-refractivity contribution in [2.24, 2.45) is 5.92 Å². The summed E-state index contributed by atoms with van der Waals surface area (Å²) in [5.41, 5.74) is 1.74. The highest BCUT2D eigenvalue weighted by Gasteiger charge is 2.48. The monoisotopic (exact) mass is 1710 g/mol. The molecule has 0 aliphatic carbocycles. The average Bonchev–Trinajstić information content (AvgIpc) is 1.62. The molecule has 4 aromatic carbocycles. The summed E-state index contributed by atoms with van der Waals surface area (Å²) >= 11 is 0. The Morgan fingerprint density at radius 3 is 1.58 bits per heavy atom. The number of aliphatic hydroxyl groups is 4. The Hall–Kier alpha value is -12.8. The van der Waals surface area contributed by atoms with Gasteiger partial charge in [-0.3, -0.25) is 57.5 Å². The fourth-order valence-corrected chi connectivity index (χ4v) is 14.1. The predicted molar refractivity (Wildman–Crippen MR) is 437 cm³/mol. The Balaban J connectivity index is 0.880. The molecule has 2 fully saturated rings. The molecule has 662 valence electrons. The zero-order valence-corrected chi connectivity index (χ0v) is 68.7. The van der Waals surface area contributed by atoms with Gasteiger partial charge in [-0.1, -0.05) is 37.8 Å². The van der Waals surface area contributed by atoms with Crippen molar-refractivity contribution in [1.29, 1.82) is 0 Å². The summed E-state index contributed by atoms with van der Waals surface area (Å²) in [5.74, 6) is -11.4. The van der Waals surface area contributed by atoms with Crippen LogP contribution in [0.1, 0.15) is 142 Å². The quantitative estimate of drug-likeness (QED) is 0.0682. The molecule has 0 aromatic heterocycles. The van der Waals surface area contributed by atoms with Gasteiger partial charge in [-0.2, -0.15) is 0 Å². The molecule has 39 nitrogen and oxygen atoms in total. The summed E-state index contributed by atoms with van der Waals surface area (Å²) in [6.45, 7) is 7.24. The Morgan fingerprint density at radius 1 is 0.528 bits per heavy atom. The molecule has 6 unspecified atom stereocenters. The van der Waals surface area contributed by atoms with Crippen molar-refractivity contribution in [1.82, 2.24) is 41.7 Å². The summed E-state index contributed by atoms with van der Waals surface area (Å²) < 4.78 is 40.9. The van der Waals surface area contributed by atoms with E-state index in [0.717, 1.165) is 22.0 Å². The zero-order valence-electron chi connectivity index (χ0n) is 68.7. The van der Waals surface area contributed by atoms with E-state index >= 15 is 0 Å². The second-order valence-corrected chi connectivity index (χ2v) is 29.8. The number of hydrogen-bond acceptors (Lipinski definition) is 26. The molecule has 11 rings (SSSR count). The molecule has 10 atom stereocenters. The van der Waals surface area contributed by atoms with Gasteiger partial charge < -0.3 is 111 Å². The summed E-state index contributed by atoms with van der Waals surface area (Å²) in [4.78, 5) is 207. The van der Waals surface area contributed by atoms with Crippen molar-refractivity contribution in [2.45, 2.75) is 179 Å². The number of hydrogen-bond donors (Lipinski definition) is 13. The number of fused-ring (bicyclic) bond motifs is 4. The number of ketones is 2. The second-order valence-electron chi connectivity index (χ2n) is 29.8. The number of carboxylic acid groups (broad SMARTS) is 1. The Labute approximate surface area is 707 Å². The number of allylic oxidation sites excluding steroid dienone is 1. The van der Waals surface area contributed by atoms with Gasteiger partial charge in [0, 0.05) is 105 Å². The van der Waals surface area contributed by atoms with Gasteiger partial charge in [0.2, 0.25) is 47.3 Å². The van der Waals surface area contributed by atoms with Crippen LogP contribution in [0.25, 0.3) is 0 Å². The lowest BCUT2D eigenvalue weighted by Gasteiger charge is -2.31. The fraction of sp³-hybridized carbons (Fsp3) is 0.464. The summed E-state index contributed by atoms with van der Waals surface area (Å²) in [6.07, 6.45) is -0.721. The number of aliphatic carboxylic acids is 1. The van der Waals surface area contributed by atoms with E-state index < -0.39 is 168 Å². The SMILES string of the molecule is C=C(O)/C=C\C(=O)NC1C(=O)CCCOCCC(=O)NC(C)C(=O)NC(C)C(=O)Nc2ccc(cc2)COC(=O)N2c3cc(c(CO)cc3C(=O)N3CCC[C@H]3[C@@H]2O)OCCCCCOc2cc3c(cc2OC)C(=O)N2CCC[C@H]2[C@H](O)N3C(=O)OCc2ccc(cc2)NC(=O)C(C)CC(=O)C(C)NC(=O)CCOCCNC(=O)C1NC(=O)/C=C\C(=O)O. The van der Waals surface area contributed by atoms with Crippen molar-refractivity contribution < 1.29 is 131 Å². The van der Waals surface area contributed by atoms with Crippen LogP contribution in [0.2, 0.25) is 0 Å². The molecule has 0 radical (unpaired) electrons. The number of ether oxygens (including phenoxy) is 7. The van der Waals surface area contributed by atoms with Crippen molar-refractivity contribution >= 4 is 112 Å². The number of nitrogens with one attached hydrogen (secondary N) is 8. The van der Waals surface area contributed by atoms with Crippen molar-refractivity contribution in [2.75, 3.05) is 86.8 Å². The topological polar surface area (TPSA) is 531 Å². The summed E-state index contributed by atoms with van der Waals surface area (Å²) in [6, 6.07) is 9.28. The van der Waals surface area contributed by atoms with E-state index in [1.807, 2.05) is 0 Å². The first-order valence-electron chi connectivity index (χ1n) is 40.3. The van der Waals surface area contributed by atoms with E-state index in [2.05, 4.69) is 49.1 Å². The molecule has 7 heterocycles. The zero-order chi connectivity index (χ0) is 89.1. The predicted octanol–water partition coefficient (Wildman–Crippen LogP) is 3.49. The highest BCUT2D eigenvalue weighted by molar-refractivity contribution is 6.08. The number of anilines is 4. The average molecular weight is 1710 g/mol. The number of nitrogens with zero attached hydrogens (tertiary/aromatic N) is 4. The third kappa shape index (κ3) is 26.1. The smallest absolute Gasteiger partial charge is 0.416 e. The molecule has 39 heteroatoms. The summed E-state index contributed by atoms with van der Waals surface area (Å²) in [7, 11) is 1.38. The van der Waals surface area contributed by atoms with Gasteiger partial charge >= 0.3 is 18.2 Å². The highest BCUT2D eigenvalue weighted by atomic mass is 16.6. The summed E-state index contributed by atoms with van der Waals surface area (Å²) in [5, 5.41) is 73.4. The van der Waals surface area contributed by atoms with Gasteiger partial charge in [0.25, 0.3) is 11.8 Å². The van der Waals surface area contributed by atoms with Crippen LogP contribution in [0, 0.1) is 5.92 Å². The number of methoxy groups -OCH3 is 1. The van der Waals surface area contributed by atoms with Crippen LogP contribution in [0.4, 0.5) is 32.3 Å². The maximum absolute atomic E-state index is 14.4. The van der Waals surface area contributed by atoms with Crippen molar-refractivity contribution in [3.8, 4) is 17.2 Å². The van der Waals surface area contributed by atoms with Gasteiger partial charge in [-0.25, -0.2) is 24.2 Å². The van der Waals surface area contributed by atoms with Crippen LogP contribution in [0.3, 0.4) is 0 Å². The van der Waals surface area contributed by atoms with E-state index in [1.54, 1.807) is 36.4 Å². The van der Waals surface area contributed by atoms with Gasteiger partial charge in [-0.15, -0.1) is 0 Å². The Bertz CT molecular complexity index is 4350. The molecule has 7 aliphatic rings. The van der Waals surface area contributed by atoms with Crippen LogP contribution < -0.4 is 66.5 Å². The third-order valence-electron chi connectivity index (χ3n) is 20.7. The minimum atomic E-state index is -1.93. The van der Waals surface area contributed by atoms with Gasteiger partial charge in [0.15, 0.2) is 35.5 Å². The van der Waals surface area contributed by atoms with Crippen molar-refractivity contribution in [3.05, 3.63) is 137 Å². The Kier molecular flexibility index (Phi) is 34.5. The van der Waals surface area contributed by atoms with Gasteiger partial charge in [-0.05, 0) is 126 Å². The molecule has 123 heavy (non-hydrogen) atoms. The first-order valence-corrected chi connectivity index (χ1v) is 40.3. The number of rotatable bonds is 8. The largest absolute Gasteiger partial charge is 0.509 e. The van der Waals surface area contributed by atoms with Crippen molar-refractivity contribution in [3.63, 3.8) is 0 Å². The minimum absolute atomic E-state index is 0.00653. The fourth-order valence-electron chi connectivity index (χ4n) is 14.1. The van der Waals surface area contributed by atoms with E-state index in [1.165, 1.54) is 81.0 Å². The normalized spacial score (nSPS) is 24.1. The molecule has 8 bridgehead atoms. The van der Waals surface area contributed by atoms with Crippen LogP contribution in [-0.2, 0) is 91.5 Å². The van der Waals surface area contributed by atoms with Gasteiger partial charge in [0.05, 0.1) is 87.4 Å². The van der Waals surface area contributed by atoms with Crippen LogP contribution in [-0.4, -0.2) is 245 Å². The second kappa shape index (κ2) is 45.2. The molecular formula is C84H104N12O27. The Morgan fingerprint density at radius 2 is 1.03 bits per heavy atom. The van der Waals surface area contributed by atoms with Gasteiger partial charge in [0.1, 0.15) is 48.9 Å². The molecular weight excluding hydrogens is 1610 g/mol. The molecule has 12 amide bonds. The highest BCUT2D eigenvalue weighted by Crippen LogP contribution is 2.43. The minimum Gasteiger partial charge on any atom is -0.509 e. The number of aliphatic hydroxyl groups excluding tert-OH is 4. The number of carbonyl (C=O) groups is 15. The number of carbonyl (C=O) groups excluding carboxylic acids is 14.